The second-order valence-electron chi connectivity index (χ2n) is 5.49. The lowest BCUT2D eigenvalue weighted by Gasteiger charge is -2.16. The van der Waals surface area contributed by atoms with E-state index < -0.39 is 25.7 Å². The van der Waals surface area contributed by atoms with Crippen molar-refractivity contribution < 1.29 is 28.5 Å². The molecule has 0 fully saturated rings. The second kappa shape index (κ2) is 10.6. The van der Waals surface area contributed by atoms with E-state index in [4.69, 9.17) is 9.47 Å². The molecule has 0 aliphatic heterocycles. The zero-order valence-corrected chi connectivity index (χ0v) is 14.7. The average molecular weight is 337 g/mol. The van der Waals surface area contributed by atoms with Gasteiger partial charge in [-0.1, -0.05) is 27.2 Å². The fraction of sp³-hybridized carbons (Fsp3) is 0.857. The Balaban J connectivity index is 3.86. The van der Waals surface area contributed by atoms with Gasteiger partial charge >= 0.3 is 12.1 Å². The van der Waals surface area contributed by atoms with Crippen LogP contribution in [0.25, 0.3) is 0 Å². The molecule has 0 aromatic rings. The molecule has 2 N–H and O–H groups in total. The van der Waals surface area contributed by atoms with E-state index >= 15 is 0 Å². The average Bonchev–Trinajstić information content (AvgIpc) is 2.41. The number of rotatable bonds is 10. The van der Waals surface area contributed by atoms with Crippen LogP contribution in [0.3, 0.4) is 0 Å². The van der Waals surface area contributed by atoms with Crippen LogP contribution in [0.15, 0.2) is 0 Å². The van der Waals surface area contributed by atoms with Crippen molar-refractivity contribution in [3.63, 3.8) is 0 Å². The van der Waals surface area contributed by atoms with Gasteiger partial charge in [0.1, 0.15) is 0 Å². The monoisotopic (exact) mass is 337 g/mol. The highest BCUT2D eigenvalue weighted by atomic mass is 31.2. The predicted molar refractivity (Wildman–Crippen MR) is 84.0 cm³/mol. The predicted octanol–water partition coefficient (Wildman–Crippen LogP) is 2.72. The Bertz CT molecular complexity index is 399. The molecule has 0 rings (SSSR count). The highest BCUT2D eigenvalue weighted by Gasteiger charge is 2.18. The largest absolute Gasteiger partial charge is 0.425 e. The van der Waals surface area contributed by atoms with Crippen LogP contribution in [0.5, 0.6) is 0 Å². The summed E-state index contributed by atoms with van der Waals surface area (Å²) in [5, 5.41) is 2.46. The highest BCUT2D eigenvalue weighted by Crippen LogP contribution is 2.41. The maximum atomic E-state index is 11.7. The Labute approximate surface area is 132 Å². The van der Waals surface area contributed by atoms with Crippen molar-refractivity contribution >= 4 is 19.4 Å². The topological polar surface area (TPSA) is 102 Å². The smallest absolute Gasteiger partial charge is 0.410 e. The molecule has 1 amide bonds. The summed E-state index contributed by atoms with van der Waals surface area (Å²) in [5.74, 6) is -0.742. The molecule has 7 nitrogen and oxygen atoms in total. The lowest BCUT2D eigenvalue weighted by atomic mass is 10.2. The number of esters is 1. The standard InChI is InChI=1S/C14H28NO6P/c1-5-6-9-22(18,19)10-7-8-15-14(17)21-12(4)20-13(16)11(2)3/h11-12H,5-10H2,1-4H3,(H,15,17)(H,18,19). The number of unbranched alkanes of at least 4 members (excludes halogenated alkanes) is 1. The van der Waals surface area contributed by atoms with Gasteiger partial charge in [0, 0.05) is 25.8 Å². The van der Waals surface area contributed by atoms with Gasteiger partial charge in [-0.25, -0.2) is 4.79 Å². The first-order valence-corrected chi connectivity index (χ1v) is 9.66. The van der Waals surface area contributed by atoms with E-state index in [1.54, 1.807) is 13.8 Å². The van der Waals surface area contributed by atoms with Crippen molar-refractivity contribution in [1.29, 1.82) is 0 Å². The third-order valence-electron chi connectivity index (χ3n) is 2.84. The Morgan fingerprint density at radius 2 is 1.73 bits per heavy atom. The summed E-state index contributed by atoms with van der Waals surface area (Å²) in [6, 6.07) is 0. The van der Waals surface area contributed by atoms with Gasteiger partial charge in [-0.15, -0.1) is 0 Å². The number of hydrogen-bond acceptors (Lipinski definition) is 5. The maximum absolute atomic E-state index is 11.7. The number of alkyl carbamates (subject to hydrolysis) is 1. The van der Waals surface area contributed by atoms with E-state index in [-0.39, 0.29) is 18.6 Å². The van der Waals surface area contributed by atoms with Crippen molar-refractivity contribution in [2.24, 2.45) is 5.92 Å². The number of nitrogens with one attached hydrogen (secondary N) is 1. The fourth-order valence-electron chi connectivity index (χ4n) is 1.55. The zero-order chi connectivity index (χ0) is 17.2. The number of carbonyl (C=O) groups is 2. The third kappa shape index (κ3) is 10.6. The summed E-state index contributed by atoms with van der Waals surface area (Å²) in [4.78, 5) is 32.4. The second-order valence-corrected chi connectivity index (χ2v) is 8.08. The maximum Gasteiger partial charge on any atom is 0.410 e. The molecular weight excluding hydrogens is 309 g/mol. The van der Waals surface area contributed by atoms with Crippen molar-refractivity contribution in [2.75, 3.05) is 18.9 Å². The molecule has 0 bridgehead atoms. The molecule has 0 aliphatic rings. The number of amides is 1. The van der Waals surface area contributed by atoms with Crippen LogP contribution in [-0.2, 0) is 18.8 Å². The molecule has 2 atom stereocenters. The molecule has 0 spiro atoms. The Hall–Kier alpha value is -1.07. The van der Waals surface area contributed by atoms with Crippen LogP contribution in [0.4, 0.5) is 4.79 Å². The third-order valence-corrected chi connectivity index (χ3v) is 4.87. The number of carbonyl (C=O) groups excluding carboxylic acids is 2. The first-order chi connectivity index (χ1) is 10.2. The van der Waals surface area contributed by atoms with Crippen molar-refractivity contribution in [3.8, 4) is 0 Å². The van der Waals surface area contributed by atoms with Crippen LogP contribution in [0.2, 0.25) is 0 Å². The van der Waals surface area contributed by atoms with Crippen LogP contribution in [-0.4, -0.2) is 42.1 Å². The lowest BCUT2D eigenvalue weighted by molar-refractivity contribution is -0.168. The van der Waals surface area contributed by atoms with E-state index in [0.29, 0.717) is 12.6 Å². The Kier molecular flexibility index (Phi) is 10.1. The van der Waals surface area contributed by atoms with Gasteiger partial charge in [0.25, 0.3) is 0 Å². The van der Waals surface area contributed by atoms with Gasteiger partial charge in [0.05, 0.1) is 5.92 Å². The Morgan fingerprint density at radius 1 is 1.14 bits per heavy atom. The van der Waals surface area contributed by atoms with Gasteiger partial charge in [-0.05, 0) is 12.8 Å². The minimum atomic E-state index is -3.09. The van der Waals surface area contributed by atoms with E-state index in [0.717, 1.165) is 12.8 Å². The van der Waals surface area contributed by atoms with Crippen LogP contribution in [0, 0.1) is 5.92 Å². The first kappa shape index (κ1) is 20.9. The van der Waals surface area contributed by atoms with Crippen LogP contribution >= 0.6 is 7.37 Å². The van der Waals surface area contributed by atoms with Crippen LogP contribution in [0.1, 0.15) is 47.0 Å². The molecule has 8 heteroatoms. The van der Waals surface area contributed by atoms with Crippen molar-refractivity contribution in [3.05, 3.63) is 0 Å². The molecule has 22 heavy (non-hydrogen) atoms. The summed E-state index contributed by atoms with van der Waals surface area (Å²) in [5.41, 5.74) is 0. The minimum Gasteiger partial charge on any atom is -0.425 e. The van der Waals surface area contributed by atoms with Gasteiger partial charge in [0.15, 0.2) is 0 Å². The summed E-state index contributed by atoms with van der Waals surface area (Å²) >= 11 is 0. The minimum absolute atomic E-state index is 0.172. The van der Waals surface area contributed by atoms with E-state index in [9.17, 15) is 19.0 Å². The number of hydrogen-bond donors (Lipinski definition) is 2. The van der Waals surface area contributed by atoms with Crippen molar-refractivity contribution in [1.82, 2.24) is 5.32 Å². The molecule has 0 saturated carbocycles. The molecule has 0 aromatic carbocycles. The Morgan fingerprint density at radius 3 is 2.27 bits per heavy atom. The van der Waals surface area contributed by atoms with Gasteiger partial charge in [-0.2, -0.15) is 0 Å². The molecule has 0 saturated heterocycles. The van der Waals surface area contributed by atoms with E-state index in [1.807, 2.05) is 6.92 Å². The van der Waals surface area contributed by atoms with Gasteiger partial charge < -0.3 is 19.7 Å². The molecule has 2 unspecified atom stereocenters. The highest BCUT2D eigenvalue weighted by molar-refractivity contribution is 7.57. The molecule has 0 aromatic heterocycles. The molecule has 0 aliphatic carbocycles. The van der Waals surface area contributed by atoms with Gasteiger partial charge in [0.2, 0.25) is 13.7 Å². The first-order valence-electron chi connectivity index (χ1n) is 7.63. The van der Waals surface area contributed by atoms with Crippen LogP contribution < -0.4 is 5.32 Å². The lowest BCUT2D eigenvalue weighted by Crippen LogP contribution is -2.31. The SMILES string of the molecule is CCCCP(=O)(O)CCCNC(=O)OC(C)OC(=O)C(C)C. The van der Waals surface area contributed by atoms with Crippen molar-refractivity contribution in [2.45, 2.75) is 53.2 Å². The van der Waals surface area contributed by atoms with E-state index in [2.05, 4.69) is 5.32 Å². The summed E-state index contributed by atoms with van der Waals surface area (Å²) in [7, 11) is -3.09. The number of ether oxygens (including phenoxy) is 2. The molecular formula is C14H28NO6P. The summed E-state index contributed by atoms with van der Waals surface area (Å²) in [6.07, 6.45) is 0.798. The summed E-state index contributed by atoms with van der Waals surface area (Å²) < 4.78 is 21.5. The quantitative estimate of drug-likeness (QED) is 0.275. The molecule has 130 valence electrons. The molecule has 0 heterocycles. The fourth-order valence-corrected chi connectivity index (χ4v) is 3.24. The molecule has 0 radical (unpaired) electrons. The zero-order valence-electron chi connectivity index (χ0n) is 13.8. The normalized spacial score (nSPS) is 15.0. The van der Waals surface area contributed by atoms with E-state index in [1.165, 1.54) is 6.92 Å². The van der Waals surface area contributed by atoms with Gasteiger partial charge in [-0.3, -0.25) is 9.36 Å². The summed E-state index contributed by atoms with van der Waals surface area (Å²) in [6.45, 7) is 7.01.